The van der Waals surface area contributed by atoms with E-state index in [-0.39, 0.29) is 11.9 Å². The molecule has 2 nitrogen and oxygen atoms in total. The molecule has 0 bridgehead atoms. The van der Waals surface area contributed by atoms with Gasteiger partial charge in [-0.05, 0) is 36.2 Å². The average Bonchev–Trinajstić information content (AvgIpc) is 2.37. The van der Waals surface area contributed by atoms with Crippen LogP contribution in [0.2, 0.25) is 0 Å². The Bertz CT molecular complexity index is 565. The first-order chi connectivity index (χ1) is 8.58. The number of benzene rings is 2. The summed E-state index contributed by atoms with van der Waals surface area (Å²) in [6.45, 7) is 3.63. The standard InChI is InChI=1S/C15H16ClNO/c1-10(16)15(18)17-11(2)13-8-7-12-5-3-4-6-14(12)9-13/h3-11H,1-2H3,(H,17,18)/t10-,11+/m1/s1. The highest BCUT2D eigenvalue weighted by molar-refractivity contribution is 6.30. The van der Waals surface area contributed by atoms with Crippen LogP contribution in [0.25, 0.3) is 10.8 Å². The molecule has 0 unspecified atom stereocenters. The number of amides is 1. The Hall–Kier alpha value is -1.54. The van der Waals surface area contributed by atoms with Gasteiger partial charge in [0.05, 0.1) is 6.04 Å². The van der Waals surface area contributed by atoms with Gasteiger partial charge in [-0.2, -0.15) is 0 Å². The maximum atomic E-state index is 11.5. The molecule has 2 rings (SSSR count). The molecular formula is C15H16ClNO. The number of nitrogens with one attached hydrogen (secondary N) is 1. The van der Waals surface area contributed by atoms with E-state index < -0.39 is 5.38 Å². The van der Waals surface area contributed by atoms with Gasteiger partial charge in [0.15, 0.2) is 0 Å². The number of rotatable bonds is 3. The van der Waals surface area contributed by atoms with Crippen molar-refractivity contribution >= 4 is 28.3 Å². The number of carbonyl (C=O) groups excluding carboxylic acids is 1. The highest BCUT2D eigenvalue weighted by atomic mass is 35.5. The Kier molecular flexibility index (Phi) is 3.87. The van der Waals surface area contributed by atoms with Gasteiger partial charge in [-0.1, -0.05) is 36.4 Å². The second kappa shape index (κ2) is 5.40. The van der Waals surface area contributed by atoms with Crippen LogP contribution in [-0.4, -0.2) is 11.3 Å². The maximum Gasteiger partial charge on any atom is 0.238 e. The molecule has 0 saturated heterocycles. The Morgan fingerprint density at radius 2 is 1.78 bits per heavy atom. The molecule has 18 heavy (non-hydrogen) atoms. The van der Waals surface area contributed by atoms with Crippen LogP contribution in [0.3, 0.4) is 0 Å². The SMILES string of the molecule is C[C@H](NC(=O)[C@@H](C)Cl)c1ccc2ccccc2c1. The fourth-order valence-corrected chi connectivity index (χ4v) is 1.95. The normalized spacial score (nSPS) is 14.2. The van der Waals surface area contributed by atoms with Crippen molar-refractivity contribution in [1.29, 1.82) is 0 Å². The molecule has 0 aliphatic rings. The number of hydrogen-bond donors (Lipinski definition) is 1. The first-order valence-corrected chi connectivity index (χ1v) is 6.44. The number of alkyl halides is 1. The van der Waals surface area contributed by atoms with Crippen LogP contribution < -0.4 is 5.32 Å². The molecule has 2 aromatic carbocycles. The third-order valence-electron chi connectivity index (χ3n) is 2.99. The van der Waals surface area contributed by atoms with Gasteiger partial charge in [0.1, 0.15) is 5.38 Å². The molecular weight excluding hydrogens is 246 g/mol. The van der Waals surface area contributed by atoms with Crippen LogP contribution in [0, 0.1) is 0 Å². The van der Waals surface area contributed by atoms with Crippen molar-refractivity contribution in [1.82, 2.24) is 5.32 Å². The lowest BCUT2D eigenvalue weighted by Crippen LogP contribution is -2.31. The molecule has 0 aliphatic heterocycles. The number of fused-ring (bicyclic) bond motifs is 1. The Morgan fingerprint density at radius 1 is 1.11 bits per heavy atom. The predicted octanol–water partition coefficient (Wildman–Crippen LogP) is 3.64. The minimum Gasteiger partial charge on any atom is -0.348 e. The van der Waals surface area contributed by atoms with Gasteiger partial charge in [0.25, 0.3) is 0 Å². The minimum absolute atomic E-state index is 0.0386. The summed E-state index contributed by atoms with van der Waals surface area (Å²) >= 11 is 5.74. The summed E-state index contributed by atoms with van der Waals surface area (Å²) in [6, 6.07) is 14.3. The summed E-state index contributed by atoms with van der Waals surface area (Å²) in [5.74, 6) is -0.141. The largest absolute Gasteiger partial charge is 0.348 e. The lowest BCUT2D eigenvalue weighted by atomic mass is 10.0. The van der Waals surface area contributed by atoms with E-state index in [2.05, 4.69) is 29.6 Å². The molecule has 1 N–H and O–H groups in total. The van der Waals surface area contributed by atoms with Gasteiger partial charge in [-0.3, -0.25) is 4.79 Å². The fourth-order valence-electron chi connectivity index (χ4n) is 1.89. The van der Waals surface area contributed by atoms with Gasteiger partial charge < -0.3 is 5.32 Å². The average molecular weight is 262 g/mol. The Morgan fingerprint density at radius 3 is 2.44 bits per heavy atom. The second-order valence-electron chi connectivity index (χ2n) is 4.45. The van der Waals surface area contributed by atoms with Crippen LogP contribution >= 0.6 is 11.6 Å². The Labute approximate surface area is 112 Å². The molecule has 0 fully saturated rings. The molecule has 1 amide bonds. The summed E-state index contributed by atoms with van der Waals surface area (Å²) in [6.07, 6.45) is 0. The van der Waals surface area contributed by atoms with E-state index in [0.717, 1.165) is 5.56 Å². The predicted molar refractivity (Wildman–Crippen MR) is 75.8 cm³/mol. The zero-order valence-electron chi connectivity index (χ0n) is 10.5. The molecule has 0 aliphatic carbocycles. The highest BCUT2D eigenvalue weighted by Gasteiger charge is 2.13. The van der Waals surface area contributed by atoms with Crippen molar-refractivity contribution in [3.05, 3.63) is 48.0 Å². The number of hydrogen-bond acceptors (Lipinski definition) is 1. The number of halogens is 1. The van der Waals surface area contributed by atoms with Crippen LogP contribution in [0.15, 0.2) is 42.5 Å². The zero-order valence-corrected chi connectivity index (χ0v) is 11.2. The molecule has 94 valence electrons. The van der Waals surface area contributed by atoms with Crippen LogP contribution in [0.5, 0.6) is 0 Å². The van der Waals surface area contributed by atoms with E-state index in [0.29, 0.717) is 0 Å². The molecule has 3 heteroatoms. The van der Waals surface area contributed by atoms with E-state index in [1.807, 2.05) is 25.1 Å². The summed E-state index contributed by atoms with van der Waals surface area (Å²) in [7, 11) is 0. The third kappa shape index (κ3) is 2.82. The summed E-state index contributed by atoms with van der Waals surface area (Å²) < 4.78 is 0. The van der Waals surface area contributed by atoms with E-state index in [4.69, 9.17) is 11.6 Å². The summed E-state index contributed by atoms with van der Waals surface area (Å²) in [4.78, 5) is 11.5. The molecule has 0 aromatic heterocycles. The molecule has 0 radical (unpaired) electrons. The van der Waals surface area contributed by atoms with Gasteiger partial charge in [-0.15, -0.1) is 11.6 Å². The van der Waals surface area contributed by atoms with Crippen molar-refractivity contribution < 1.29 is 4.79 Å². The van der Waals surface area contributed by atoms with E-state index >= 15 is 0 Å². The van der Waals surface area contributed by atoms with Crippen LogP contribution in [-0.2, 0) is 4.79 Å². The first-order valence-electron chi connectivity index (χ1n) is 6.01. The molecule has 0 spiro atoms. The fraction of sp³-hybridized carbons (Fsp3) is 0.267. The Balaban J connectivity index is 2.22. The topological polar surface area (TPSA) is 29.1 Å². The molecule has 2 aromatic rings. The smallest absolute Gasteiger partial charge is 0.238 e. The van der Waals surface area contributed by atoms with Crippen LogP contribution in [0.4, 0.5) is 0 Å². The van der Waals surface area contributed by atoms with Crippen molar-refractivity contribution in [2.45, 2.75) is 25.3 Å². The monoisotopic (exact) mass is 261 g/mol. The van der Waals surface area contributed by atoms with Crippen molar-refractivity contribution in [2.24, 2.45) is 0 Å². The van der Waals surface area contributed by atoms with Crippen molar-refractivity contribution in [3.8, 4) is 0 Å². The van der Waals surface area contributed by atoms with Crippen molar-refractivity contribution in [2.75, 3.05) is 0 Å². The van der Waals surface area contributed by atoms with E-state index in [1.165, 1.54) is 10.8 Å². The molecule has 2 atom stereocenters. The van der Waals surface area contributed by atoms with E-state index in [1.54, 1.807) is 6.92 Å². The van der Waals surface area contributed by atoms with Gasteiger partial charge in [-0.25, -0.2) is 0 Å². The number of carbonyl (C=O) groups is 1. The second-order valence-corrected chi connectivity index (χ2v) is 5.11. The lowest BCUT2D eigenvalue weighted by molar-refractivity contribution is -0.121. The van der Waals surface area contributed by atoms with Gasteiger partial charge in [0, 0.05) is 0 Å². The van der Waals surface area contributed by atoms with Crippen LogP contribution in [0.1, 0.15) is 25.5 Å². The van der Waals surface area contributed by atoms with Gasteiger partial charge >= 0.3 is 0 Å². The summed E-state index contributed by atoms with van der Waals surface area (Å²) in [5, 5.41) is 4.76. The lowest BCUT2D eigenvalue weighted by Gasteiger charge is -2.16. The molecule has 0 heterocycles. The first kappa shape index (κ1) is 12.9. The maximum absolute atomic E-state index is 11.5. The van der Waals surface area contributed by atoms with E-state index in [9.17, 15) is 4.79 Å². The summed E-state index contributed by atoms with van der Waals surface area (Å²) in [5.41, 5.74) is 1.08. The quantitative estimate of drug-likeness (QED) is 0.840. The third-order valence-corrected chi connectivity index (χ3v) is 3.19. The van der Waals surface area contributed by atoms with Crippen molar-refractivity contribution in [3.63, 3.8) is 0 Å². The zero-order chi connectivity index (χ0) is 13.1. The molecule has 0 saturated carbocycles. The highest BCUT2D eigenvalue weighted by Crippen LogP contribution is 2.20. The minimum atomic E-state index is -0.507. The van der Waals surface area contributed by atoms with Gasteiger partial charge in [0.2, 0.25) is 5.91 Å².